The minimum atomic E-state index is -0.399. The zero-order valence-electron chi connectivity index (χ0n) is 15.0. The fourth-order valence-corrected chi connectivity index (χ4v) is 3.13. The number of likely N-dealkylation sites (N-methyl/N-ethyl adjacent to an activating group) is 1. The summed E-state index contributed by atoms with van der Waals surface area (Å²) in [5.74, 6) is -0.440. The molecule has 5 nitrogen and oxygen atoms in total. The van der Waals surface area contributed by atoms with Gasteiger partial charge in [0.15, 0.2) is 0 Å². The van der Waals surface area contributed by atoms with Gasteiger partial charge in [-0.3, -0.25) is 4.79 Å². The first-order valence-electron chi connectivity index (χ1n) is 8.29. The van der Waals surface area contributed by atoms with Crippen molar-refractivity contribution < 1.29 is 19.2 Å². The zero-order chi connectivity index (χ0) is 18.6. The molecule has 0 saturated carbocycles. The Morgan fingerprint density at radius 1 is 1.24 bits per heavy atom. The summed E-state index contributed by atoms with van der Waals surface area (Å²) in [6.07, 6.45) is 0. The molecular formula is C19H24ClN2O3+. The molecule has 0 bridgehead atoms. The van der Waals surface area contributed by atoms with E-state index in [1.807, 2.05) is 31.3 Å². The number of quaternary nitrogens is 1. The van der Waals surface area contributed by atoms with Gasteiger partial charge in [0.1, 0.15) is 13.1 Å². The Balaban J connectivity index is 2.12. The maximum absolute atomic E-state index is 12.7. The van der Waals surface area contributed by atoms with Crippen LogP contribution in [0.15, 0.2) is 24.3 Å². The van der Waals surface area contributed by atoms with E-state index in [-0.39, 0.29) is 5.78 Å². The molecule has 0 aliphatic carbocycles. The molecule has 1 aromatic carbocycles. The second-order valence-corrected chi connectivity index (χ2v) is 6.58. The van der Waals surface area contributed by atoms with Crippen LogP contribution < -0.4 is 4.90 Å². The maximum Gasteiger partial charge on any atom is 0.340 e. The lowest BCUT2D eigenvalue weighted by atomic mass is 10.1. The average Bonchev–Trinajstić information content (AvgIpc) is 2.84. The van der Waals surface area contributed by atoms with Crippen molar-refractivity contribution in [2.45, 2.75) is 27.3 Å². The van der Waals surface area contributed by atoms with Crippen LogP contribution >= 0.6 is 11.6 Å². The summed E-state index contributed by atoms with van der Waals surface area (Å²) in [7, 11) is 1.94. The summed E-state index contributed by atoms with van der Waals surface area (Å²) in [4.78, 5) is 28.8. The van der Waals surface area contributed by atoms with Gasteiger partial charge in [0.2, 0.25) is 5.78 Å². The van der Waals surface area contributed by atoms with Crippen LogP contribution in [0.1, 0.15) is 44.6 Å². The molecule has 25 heavy (non-hydrogen) atoms. The van der Waals surface area contributed by atoms with E-state index < -0.39 is 5.97 Å². The highest BCUT2D eigenvalue weighted by Gasteiger charge is 2.24. The van der Waals surface area contributed by atoms with Crippen molar-refractivity contribution in [1.29, 1.82) is 0 Å². The van der Waals surface area contributed by atoms with Crippen LogP contribution in [-0.4, -0.2) is 36.9 Å². The van der Waals surface area contributed by atoms with Crippen LogP contribution in [0.3, 0.4) is 0 Å². The van der Waals surface area contributed by atoms with Gasteiger partial charge in [-0.15, -0.1) is 0 Å². The molecule has 0 amide bonds. The highest BCUT2D eigenvalue weighted by molar-refractivity contribution is 6.31. The highest BCUT2D eigenvalue weighted by Crippen LogP contribution is 2.19. The smallest absolute Gasteiger partial charge is 0.340 e. The predicted octanol–water partition coefficient (Wildman–Crippen LogP) is 2.36. The van der Waals surface area contributed by atoms with E-state index in [4.69, 9.17) is 16.3 Å². The number of nitrogens with one attached hydrogen (secondary N) is 2. The quantitative estimate of drug-likeness (QED) is 0.586. The van der Waals surface area contributed by atoms with Gasteiger partial charge >= 0.3 is 5.97 Å². The van der Waals surface area contributed by atoms with Gasteiger partial charge in [0, 0.05) is 16.3 Å². The molecule has 6 heteroatoms. The third-order valence-corrected chi connectivity index (χ3v) is 4.48. The van der Waals surface area contributed by atoms with Crippen molar-refractivity contribution in [2.24, 2.45) is 0 Å². The number of hydrogen-bond donors (Lipinski definition) is 2. The van der Waals surface area contributed by atoms with Gasteiger partial charge in [-0.2, -0.15) is 0 Å². The molecule has 1 aromatic heterocycles. The number of hydrogen-bond acceptors (Lipinski definition) is 3. The molecule has 0 saturated heterocycles. The molecule has 1 atom stereocenters. The average molecular weight is 364 g/mol. The summed E-state index contributed by atoms with van der Waals surface area (Å²) < 4.78 is 5.07. The number of aromatic amines is 1. The fraction of sp³-hybridized carbons (Fsp3) is 0.368. The van der Waals surface area contributed by atoms with E-state index in [9.17, 15) is 9.59 Å². The second kappa shape index (κ2) is 8.32. The predicted molar refractivity (Wildman–Crippen MR) is 97.5 cm³/mol. The van der Waals surface area contributed by atoms with Crippen molar-refractivity contribution >= 4 is 23.4 Å². The summed E-state index contributed by atoms with van der Waals surface area (Å²) in [6, 6.07) is 7.62. The van der Waals surface area contributed by atoms with E-state index in [0.717, 1.165) is 10.5 Å². The van der Waals surface area contributed by atoms with Crippen molar-refractivity contribution in [3.8, 4) is 0 Å². The van der Waals surface area contributed by atoms with Crippen molar-refractivity contribution in [3.05, 3.63) is 57.4 Å². The van der Waals surface area contributed by atoms with Crippen molar-refractivity contribution in [3.63, 3.8) is 0 Å². The molecule has 2 aromatic rings. The number of aryl methyl sites for hydroxylation is 1. The van der Waals surface area contributed by atoms with Gasteiger partial charge in [-0.1, -0.05) is 29.8 Å². The largest absolute Gasteiger partial charge is 0.462 e. The van der Waals surface area contributed by atoms with Gasteiger partial charge in [-0.05, 0) is 32.4 Å². The van der Waals surface area contributed by atoms with Crippen LogP contribution in [0.4, 0.5) is 0 Å². The number of esters is 1. The molecule has 2 rings (SSSR count). The lowest BCUT2D eigenvalue weighted by molar-refractivity contribution is -0.884. The molecule has 134 valence electrons. The summed E-state index contributed by atoms with van der Waals surface area (Å²) >= 11 is 6.18. The highest BCUT2D eigenvalue weighted by atomic mass is 35.5. The number of rotatable bonds is 7. The molecule has 0 aliphatic heterocycles. The molecule has 0 radical (unpaired) electrons. The molecule has 1 unspecified atom stereocenters. The first-order valence-corrected chi connectivity index (χ1v) is 8.67. The number of H-pyrrole nitrogens is 1. The van der Waals surface area contributed by atoms with Gasteiger partial charge in [0.05, 0.1) is 24.9 Å². The van der Waals surface area contributed by atoms with E-state index >= 15 is 0 Å². The van der Waals surface area contributed by atoms with Crippen LogP contribution in [0.2, 0.25) is 5.02 Å². The molecule has 0 aliphatic rings. The molecule has 2 N–H and O–H groups in total. The number of carbonyl (C=O) groups is 2. The van der Waals surface area contributed by atoms with E-state index in [1.54, 1.807) is 20.8 Å². The molecule has 1 heterocycles. The first-order chi connectivity index (χ1) is 11.8. The van der Waals surface area contributed by atoms with Crippen molar-refractivity contribution in [1.82, 2.24) is 4.98 Å². The number of Topliss-reactive ketones (excluding diaryl/α,β-unsaturated/α-hetero) is 1. The van der Waals surface area contributed by atoms with Gasteiger partial charge in [-0.25, -0.2) is 4.79 Å². The SMILES string of the molecule is CCOC(=O)c1c(C)[nH]c(C(=O)C[NH+](C)Cc2ccccc2Cl)c1C. The Morgan fingerprint density at radius 3 is 2.56 bits per heavy atom. The minimum absolute atomic E-state index is 0.0410. The standard InChI is InChI=1S/C19H23ClN2O3/c1-5-25-19(24)17-12(2)18(21-13(17)3)16(23)11-22(4)10-14-8-6-7-9-15(14)20/h6-9,21H,5,10-11H2,1-4H3/p+1. The van der Waals surface area contributed by atoms with Crippen LogP contribution in [0.5, 0.6) is 0 Å². The van der Waals surface area contributed by atoms with Crippen LogP contribution in [0, 0.1) is 13.8 Å². The molecule has 0 spiro atoms. The Labute approximate surface area is 152 Å². The number of ketones is 1. The Morgan fingerprint density at radius 2 is 1.92 bits per heavy atom. The third-order valence-electron chi connectivity index (χ3n) is 4.11. The lowest BCUT2D eigenvalue weighted by Gasteiger charge is -2.14. The summed E-state index contributed by atoms with van der Waals surface area (Å²) in [5, 5.41) is 0.700. The number of aromatic nitrogens is 1. The van der Waals surface area contributed by atoms with E-state index in [1.165, 1.54) is 0 Å². The third kappa shape index (κ3) is 4.50. The number of benzene rings is 1. The summed E-state index contributed by atoms with van der Waals surface area (Å²) in [5.41, 5.74) is 3.23. The number of halogens is 1. The van der Waals surface area contributed by atoms with Crippen molar-refractivity contribution in [2.75, 3.05) is 20.2 Å². The Bertz CT molecular complexity index is 783. The Kier molecular flexibility index (Phi) is 6.39. The second-order valence-electron chi connectivity index (χ2n) is 6.17. The van der Waals surface area contributed by atoms with Crippen LogP contribution in [-0.2, 0) is 11.3 Å². The fourth-order valence-electron chi connectivity index (χ4n) is 2.93. The topological polar surface area (TPSA) is 63.6 Å². The van der Waals surface area contributed by atoms with Gasteiger partial charge in [0.25, 0.3) is 0 Å². The zero-order valence-corrected chi connectivity index (χ0v) is 15.8. The minimum Gasteiger partial charge on any atom is -0.462 e. The van der Waals surface area contributed by atoms with Crippen LogP contribution in [0.25, 0.3) is 0 Å². The summed E-state index contributed by atoms with van der Waals surface area (Å²) in [6.45, 7) is 6.55. The number of carbonyl (C=O) groups excluding carboxylic acids is 2. The van der Waals surface area contributed by atoms with E-state index in [2.05, 4.69) is 4.98 Å². The lowest BCUT2D eigenvalue weighted by Crippen LogP contribution is -3.08. The van der Waals surface area contributed by atoms with E-state index in [0.29, 0.717) is 47.2 Å². The first kappa shape index (κ1) is 19.2. The Hall–Kier alpha value is -2.11. The monoisotopic (exact) mass is 363 g/mol. The molecular weight excluding hydrogens is 340 g/mol. The van der Waals surface area contributed by atoms with Gasteiger partial charge < -0.3 is 14.6 Å². The maximum atomic E-state index is 12.7. The number of ether oxygens (including phenoxy) is 1. The molecule has 0 fully saturated rings. The normalized spacial score (nSPS) is 12.0.